The number of hydrogen-bond donors (Lipinski definition) is 0. The molecule has 0 bridgehead atoms. The second-order valence-corrected chi connectivity index (χ2v) is 7.46. The molecule has 1 aliphatic heterocycles. The van der Waals surface area contributed by atoms with Crippen LogP contribution in [-0.2, 0) is 20.8 Å². The van der Waals surface area contributed by atoms with Gasteiger partial charge in [-0.1, -0.05) is 29.8 Å². The molecule has 0 radical (unpaired) electrons. The third-order valence-electron chi connectivity index (χ3n) is 4.11. The maximum absolute atomic E-state index is 11.6. The van der Waals surface area contributed by atoms with E-state index in [1.165, 1.54) is 16.0 Å². The summed E-state index contributed by atoms with van der Waals surface area (Å²) in [5.41, 5.74) is 2.36. The molecule has 1 heterocycles. The summed E-state index contributed by atoms with van der Waals surface area (Å²) in [5, 5.41) is 0. The Morgan fingerprint density at radius 3 is 2.62 bits per heavy atom. The Kier molecular flexibility index (Phi) is 6.38. The summed E-state index contributed by atoms with van der Waals surface area (Å²) in [7, 11) is 3.46. The molecule has 1 saturated heterocycles. The van der Waals surface area contributed by atoms with Crippen LogP contribution in [0.4, 0.5) is 0 Å². The molecule has 1 aromatic rings. The van der Waals surface area contributed by atoms with Gasteiger partial charge in [-0.25, -0.2) is 0 Å². The number of benzene rings is 1. The van der Waals surface area contributed by atoms with Gasteiger partial charge < -0.3 is 14.4 Å². The Balaban J connectivity index is 1.89. The van der Waals surface area contributed by atoms with Crippen LogP contribution in [0.5, 0.6) is 0 Å². The van der Waals surface area contributed by atoms with E-state index in [0.717, 1.165) is 19.6 Å². The molecule has 1 atom stereocenters. The first-order valence-electron chi connectivity index (χ1n) is 8.49. The zero-order chi connectivity index (χ0) is 17.7. The number of ether oxygens (including phenoxy) is 2. The number of nitrogens with zero attached hydrogens (tertiary/aromatic N) is 2. The largest absolute Gasteiger partial charge is 0.369 e. The van der Waals surface area contributed by atoms with Crippen LogP contribution in [0.2, 0.25) is 0 Å². The van der Waals surface area contributed by atoms with Gasteiger partial charge in [0.25, 0.3) is 0 Å². The molecule has 5 nitrogen and oxygen atoms in total. The van der Waals surface area contributed by atoms with Crippen LogP contribution in [0.15, 0.2) is 24.3 Å². The van der Waals surface area contributed by atoms with E-state index in [4.69, 9.17) is 9.47 Å². The van der Waals surface area contributed by atoms with Gasteiger partial charge in [0.15, 0.2) is 0 Å². The van der Waals surface area contributed by atoms with Gasteiger partial charge in [-0.2, -0.15) is 0 Å². The number of carbonyl (C=O) groups excluding carboxylic acids is 1. The first-order chi connectivity index (χ1) is 11.2. The van der Waals surface area contributed by atoms with Gasteiger partial charge >= 0.3 is 0 Å². The van der Waals surface area contributed by atoms with Crippen LogP contribution in [0, 0.1) is 6.92 Å². The van der Waals surface area contributed by atoms with Crippen molar-refractivity contribution in [3.8, 4) is 0 Å². The van der Waals surface area contributed by atoms with Crippen molar-refractivity contribution in [1.82, 2.24) is 9.80 Å². The number of aryl methyl sites for hydroxylation is 1. The lowest BCUT2D eigenvalue weighted by molar-refractivity contribution is -0.161. The zero-order valence-corrected chi connectivity index (χ0v) is 15.5. The molecular formula is C19H30N2O3. The molecule has 0 saturated carbocycles. The molecule has 134 valence electrons. The van der Waals surface area contributed by atoms with E-state index in [2.05, 4.69) is 49.9 Å². The fourth-order valence-electron chi connectivity index (χ4n) is 2.98. The van der Waals surface area contributed by atoms with Crippen molar-refractivity contribution in [2.24, 2.45) is 0 Å². The summed E-state index contributed by atoms with van der Waals surface area (Å²) in [6.45, 7) is 9.45. The fraction of sp³-hybridized carbons (Fsp3) is 0.632. The molecule has 1 aliphatic rings. The van der Waals surface area contributed by atoms with E-state index in [1.807, 2.05) is 0 Å². The van der Waals surface area contributed by atoms with Crippen LogP contribution in [0.25, 0.3) is 0 Å². The lowest BCUT2D eigenvalue weighted by Gasteiger charge is -2.42. The third kappa shape index (κ3) is 5.89. The van der Waals surface area contributed by atoms with Crippen molar-refractivity contribution in [1.29, 1.82) is 0 Å². The van der Waals surface area contributed by atoms with Gasteiger partial charge in [0.1, 0.15) is 6.61 Å². The quantitative estimate of drug-likeness (QED) is 0.799. The Morgan fingerprint density at radius 1 is 1.33 bits per heavy atom. The number of rotatable bonds is 6. The van der Waals surface area contributed by atoms with Gasteiger partial charge in [0.05, 0.1) is 18.3 Å². The van der Waals surface area contributed by atoms with E-state index >= 15 is 0 Å². The maximum Gasteiger partial charge on any atom is 0.248 e. The lowest BCUT2D eigenvalue weighted by atomic mass is 10.0. The van der Waals surface area contributed by atoms with E-state index in [9.17, 15) is 4.79 Å². The Morgan fingerprint density at radius 2 is 2.00 bits per heavy atom. The molecule has 24 heavy (non-hydrogen) atoms. The number of hydrogen-bond acceptors (Lipinski definition) is 4. The van der Waals surface area contributed by atoms with E-state index in [-0.39, 0.29) is 24.2 Å². The highest BCUT2D eigenvalue weighted by molar-refractivity contribution is 5.76. The summed E-state index contributed by atoms with van der Waals surface area (Å²) in [6.07, 6.45) is -0.0193. The van der Waals surface area contributed by atoms with Gasteiger partial charge in [-0.05, 0) is 26.3 Å². The summed E-state index contributed by atoms with van der Waals surface area (Å²) in [4.78, 5) is 15.5. The predicted octanol–water partition coefficient (Wildman–Crippen LogP) is 2.08. The Labute approximate surface area is 145 Å². The first-order valence-corrected chi connectivity index (χ1v) is 8.49. The Bertz CT molecular complexity index is 540. The van der Waals surface area contributed by atoms with Gasteiger partial charge in [0.2, 0.25) is 5.91 Å². The minimum absolute atomic E-state index is 0.0193. The zero-order valence-electron chi connectivity index (χ0n) is 15.5. The molecule has 0 aromatic heterocycles. The van der Waals surface area contributed by atoms with Crippen LogP contribution in [-0.4, -0.2) is 67.8 Å². The normalized spacial score (nSPS) is 20.8. The van der Waals surface area contributed by atoms with Crippen LogP contribution < -0.4 is 0 Å². The van der Waals surface area contributed by atoms with Crippen molar-refractivity contribution in [3.05, 3.63) is 35.4 Å². The maximum atomic E-state index is 11.6. The molecule has 2 rings (SSSR count). The number of morpholine rings is 1. The molecule has 5 heteroatoms. The summed E-state index contributed by atoms with van der Waals surface area (Å²) in [6, 6.07) is 8.65. The molecule has 1 fully saturated rings. The molecule has 1 amide bonds. The minimum Gasteiger partial charge on any atom is -0.369 e. The van der Waals surface area contributed by atoms with Gasteiger partial charge in [0, 0.05) is 33.7 Å². The monoisotopic (exact) mass is 334 g/mol. The topological polar surface area (TPSA) is 42.0 Å². The van der Waals surface area contributed by atoms with E-state index in [1.54, 1.807) is 14.1 Å². The van der Waals surface area contributed by atoms with Crippen LogP contribution in [0.3, 0.4) is 0 Å². The molecule has 1 aromatic carbocycles. The lowest BCUT2D eigenvalue weighted by Crippen LogP contribution is -2.53. The predicted molar refractivity (Wildman–Crippen MR) is 94.9 cm³/mol. The third-order valence-corrected chi connectivity index (χ3v) is 4.11. The molecule has 0 spiro atoms. The SMILES string of the molecule is Cc1ccc(CN2CC(COCC(=O)N(C)C)OC(C)(C)C2)cc1. The van der Waals surface area contributed by atoms with Crippen LogP contribution >= 0.6 is 0 Å². The highest BCUT2D eigenvalue weighted by Gasteiger charge is 2.33. The van der Waals surface area contributed by atoms with E-state index < -0.39 is 0 Å². The van der Waals surface area contributed by atoms with Gasteiger partial charge in [-0.3, -0.25) is 9.69 Å². The number of carbonyl (C=O) groups is 1. The smallest absolute Gasteiger partial charge is 0.248 e. The van der Waals surface area contributed by atoms with Crippen molar-refractivity contribution < 1.29 is 14.3 Å². The fourth-order valence-corrected chi connectivity index (χ4v) is 2.98. The highest BCUT2D eigenvalue weighted by Crippen LogP contribution is 2.23. The average Bonchev–Trinajstić information content (AvgIpc) is 2.48. The summed E-state index contributed by atoms with van der Waals surface area (Å²) in [5.74, 6) is -0.0263. The number of likely N-dealkylation sites (N-methyl/N-ethyl adjacent to an activating group) is 1. The molecule has 1 unspecified atom stereocenters. The van der Waals surface area contributed by atoms with Gasteiger partial charge in [-0.15, -0.1) is 0 Å². The summed E-state index contributed by atoms with van der Waals surface area (Å²) >= 11 is 0. The standard InChI is InChI=1S/C19H30N2O3/c1-15-6-8-16(9-7-15)10-21-11-17(24-19(2,3)14-21)12-23-13-18(22)20(4)5/h6-9,17H,10-14H2,1-5H3. The Hall–Kier alpha value is -1.43. The minimum atomic E-state index is -0.220. The molecule has 0 aliphatic carbocycles. The highest BCUT2D eigenvalue weighted by atomic mass is 16.5. The first kappa shape index (κ1) is 18.9. The van der Waals surface area contributed by atoms with Crippen molar-refractivity contribution in [2.45, 2.75) is 39.0 Å². The summed E-state index contributed by atoms with van der Waals surface area (Å²) < 4.78 is 11.7. The van der Waals surface area contributed by atoms with Crippen molar-refractivity contribution >= 4 is 5.91 Å². The van der Waals surface area contributed by atoms with Crippen LogP contribution in [0.1, 0.15) is 25.0 Å². The molecule has 0 N–H and O–H groups in total. The number of amides is 1. The molecular weight excluding hydrogens is 304 g/mol. The average molecular weight is 334 g/mol. The van der Waals surface area contributed by atoms with Crippen molar-refractivity contribution in [2.75, 3.05) is 40.4 Å². The van der Waals surface area contributed by atoms with Crippen molar-refractivity contribution in [3.63, 3.8) is 0 Å². The second-order valence-electron chi connectivity index (χ2n) is 7.46. The van der Waals surface area contributed by atoms with E-state index in [0.29, 0.717) is 6.61 Å². The second kappa shape index (κ2) is 8.10.